The fraction of sp³-hybridized carbons (Fsp3) is 0.529. The van der Waals surface area contributed by atoms with E-state index in [0.717, 1.165) is 30.2 Å². The van der Waals surface area contributed by atoms with Crippen molar-refractivity contribution < 1.29 is 9.15 Å². The van der Waals surface area contributed by atoms with Gasteiger partial charge in [0.2, 0.25) is 0 Å². The Morgan fingerprint density at radius 3 is 2.80 bits per heavy atom. The lowest BCUT2D eigenvalue weighted by molar-refractivity contribution is 0.415. The molecule has 0 bridgehead atoms. The van der Waals surface area contributed by atoms with Crippen molar-refractivity contribution in [2.45, 2.75) is 39.2 Å². The minimum atomic E-state index is 0.656. The van der Waals surface area contributed by atoms with Gasteiger partial charge in [-0.3, -0.25) is 0 Å². The van der Waals surface area contributed by atoms with Crippen LogP contribution in [0.4, 0.5) is 0 Å². The van der Waals surface area contributed by atoms with Crippen LogP contribution < -0.4 is 10.1 Å². The maximum Gasteiger partial charge on any atom is 0.134 e. The molecule has 3 nitrogen and oxygen atoms in total. The zero-order valence-corrected chi connectivity index (χ0v) is 12.5. The molecule has 1 aromatic carbocycles. The van der Waals surface area contributed by atoms with Gasteiger partial charge < -0.3 is 14.5 Å². The summed E-state index contributed by atoms with van der Waals surface area (Å²) in [7, 11) is 1.71. The largest absolute Gasteiger partial charge is 0.497 e. The molecular formula is C17H23NO2. The van der Waals surface area contributed by atoms with Gasteiger partial charge in [-0.15, -0.1) is 0 Å². The predicted molar refractivity (Wildman–Crippen MR) is 81.3 cm³/mol. The zero-order valence-electron chi connectivity index (χ0n) is 12.5. The minimum Gasteiger partial charge on any atom is -0.497 e. The normalized spacial score (nSPS) is 15.2. The highest BCUT2D eigenvalue weighted by atomic mass is 16.5. The first kappa shape index (κ1) is 13.5. The molecule has 0 atom stereocenters. The Labute approximate surface area is 120 Å². The number of nitrogens with one attached hydrogen (secondary N) is 1. The molecule has 1 aliphatic carbocycles. The summed E-state index contributed by atoms with van der Waals surface area (Å²) in [6, 6.07) is 6.10. The molecule has 3 heteroatoms. The van der Waals surface area contributed by atoms with Crippen LogP contribution in [0.1, 0.15) is 43.9 Å². The molecule has 1 heterocycles. The van der Waals surface area contributed by atoms with Gasteiger partial charge in [-0.2, -0.15) is 0 Å². The lowest BCUT2D eigenvalue weighted by atomic mass is 10.1. The third-order valence-electron chi connectivity index (χ3n) is 3.83. The number of hydrogen-bond donors (Lipinski definition) is 1. The summed E-state index contributed by atoms with van der Waals surface area (Å²) in [6.45, 7) is 6.28. The van der Waals surface area contributed by atoms with Gasteiger partial charge in [0.1, 0.15) is 17.1 Å². The fourth-order valence-corrected chi connectivity index (χ4v) is 2.70. The SMILES string of the molecule is COc1ccc2oc(CNCC(C)C)c(C3CC3)c2c1. The Balaban J connectivity index is 1.92. The van der Waals surface area contributed by atoms with E-state index in [1.54, 1.807) is 7.11 Å². The molecular weight excluding hydrogens is 250 g/mol. The molecule has 1 aliphatic rings. The summed E-state index contributed by atoms with van der Waals surface area (Å²) in [5.74, 6) is 3.35. The van der Waals surface area contributed by atoms with Crippen molar-refractivity contribution in [1.29, 1.82) is 0 Å². The molecule has 0 saturated heterocycles. The summed E-state index contributed by atoms with van der Waals surface area (Å²) in [5.41, 5.74) is 2.38. The molecule has 0 unspecified atom stereocenters. The smallest absolute Gasteiger partial charge is 0.134 e. The van der Waals surface area contributed by atoms with E-state index in [4.69, 9.17) is 9.15 Å². The van der Waals surface area contributed by atoms with Crippen molar-refractivity contribution in [1.82, 2.24) is 5.32 Å². The van der Waals surface area contributed by atoms with E-state index in [-0.39, 0.29) is 0 Å². The molecule has 108 valence electrons. The van der Waals surface area contributed by atoms with Crippen LogP contribution in [0.15, 0.2) is 22.6 Å². The highest BCUT2D eigenvalue weighted by Gasteiger charge is 2.30. The molecule has 20 heavy (non-hydrogen) atoms. The third-order valence-corrected chi connectivity index (χ3v) is 3.83. The van der Waals surface area contributed by atoms with Crippen molar-refractivity contribution in [3.05, 3.63) is 29.5 Å². The quantitative estimate of drug-likeness (QED) is 0.861. The Kier molecular flexibility index (Phi) is 3.70. The predicted octanol–water partition coefficient (Wildman–Crippen LogP) is 4.06. The highest BCUT2D eigenvalue weighted by Crippen LogP contribution is 2.46. The monoisotopic (exact) mass is 273 g/mol. The van der Waals surface area contributed by atoms with E-state index in [9.17, 15) is 0 Å². The number of hydrogen-bond acceptors (Lipinski definition) is 3. The van der Waals surface area contributed by atoms with Crippen molar-refractivity contribution in [2.24, 2.45) is 5.92 Å². The lowest BCUT2D eigenvalue weighted by Crippen LogP contribution is -2.19. The second-order valence-corrected chi connectivity index (χ2v) is 6.10. The van der Waals surface area contributed by atoms with E-state index >= 15 is 0 Å². The van der Waals surface area contributed by atoms with Gasteiger partial charge in [0.25, 0.3) is 0 Å². The van der Waals surface area contributed by atoms with Crippen LogP contribution in [0.3, 0.4) is 0 Å². The van der Waals surface area contributed by atoms with E-state index in [0.29, 0.717) is 11.8 Å². The van der Waals surface area contributed by atoms with Crippen LogP contribution in [0, 0.1) is 5.92 Å². The number of furan rings is 1. The van der Waals surface area contributed by atoms with Crippen molar-refractivity contribution in [3.8, 4) is 5.75 Å². The maximum atomic E-state index is 6.06. The number of fused-ring (bicyclic) bond motifs is 1. The summed E-state index contributed by atoms with van der Waals surface area (Å²) >= 11 is 0. The summed E-state index contributed by atoms with van der Waals surface area (Å²) in [4.78, 5) is 0. The Morgan fingerprint density at radius 1 is 1.35 bits per heavy atom. The van der Waals surface area contributed by atoms with Crippen LogP contribution in [-0.4, -0.2) is 13.7 Å². The van der Waals surface area contributed by atoms with Gasteiger partial charge in [0.05, 0.1) is 13.7 Å². The van der Waals surface area contributed by atoms with Gasteiger partial charge in [-0.25, -0.2) is 0 Å². The molecule has 3 rings (SSSR count). The molecule has 0 radical (unpaired) electrons. The Bertz CT molecular complexity index is 596. The highest BCUT2D eigenvalue weighted by molar-refractivity contribution is 5.84. The first-order valence-corrected chi connectivity index (χ1v) is 7.49. The van der Waals surface area contributed by atoms with Crippen molar-refractivity contribution in [3.63, 3.8) is 0 Å². The van der Waals surface area contributed by atoms with Gasteiger partial charge >= 0.3 is 0 Å². The Hall–Kier alpha value is -1.48. The third kappa shape index (κ3) is 2.68. The van der Waals surface area contributed by atoms with E-state index in [1.807, 2.05) is 12.1 Å². The van der Waals surface area contributed by atoms with Gasteiger partial charge in [-0.05, 0) is 49.4 Å². The van der Waals surface area contributed by atoms with Crippen LogP contribution in [0.5, 0.6) is 5.75 Å². The standard InChI is InChI=1S/C17H23NO2/c1-11(2)9-18-10-16-17(12-4-5-12)14-8-13(19-3)6-7-15(14)20-16/h6-8,11-12,18H,4-5,9-10H2,1-3H3. The van der Waals surface area contributed by atoms with Crippen LogP contribution in [-0.2, 0) is 6.54 Å². The van der Waals surface area contributed by atoms with Gasteiger partial charge in [-0.1, -0.05) is 13.8 Å². The summed E-state index contributed by atoms with van der Waals surface area (Å²) < 4.78 is 11.4. The molecule has 1 fully saturated rings. The average molecular weight is 273 g/mol. The van der Waals surface area contributed by atoms with Crippen LogP contribution in [0.25, 0.3) is 11.0 Å². The first-order chi connectivity index (χ1) is 9.69. The summed E-state index contributed by atoms with van der Waals surface area (Å²) in [5, 5.41) is 4.72. The second kappa shape index (κ2) is 5.49. The second-order valence-electron chi connectivity index (χ2n) is 6.10. The fourth-order valence-electron chi connectivity index (χ4n) is 2.70. The number of benzene rings is 1. The minimum absolute atomic E-state index is 0.656. The number of rotatable bonds is 6. The van der Waals surface area contributed by atoms with Crippen molar-refractivity contribution in [2.75, 3.05) is 13.7 Å². The van der Waals surface area contributed by atoms with Gasteiger partial charge in [0, 0.05) is 10.9 Å². The topological polar surface area (TPSA) is 34.4 Å². The molecule has 1 aromatic heterocycles. The number of methoxy groups -OCH3 is 1. The molecule has 1 saturated carbocycles. The first-order valence-electron chi connectivity index (χ1n) is 7.49. The molecule has 1 N–H and O–H groups in total. The Morgan fingerprint density at radius 2 is 2.15 bits per heavy atom. The lowest BCUT2D eigenvalue weighted by Gasteiger charge is -2.07. The molecule has 0 spiro atoms. The summed E-state index contributed by atoms with van der Waals surface area (Å²) in [6.07, 6.45) is 2.56. The molecule has 2 aromatic rings. The van der Waals surface area contributed by atoms with Crippen LogP contribution >= 0.6 is 0 Å². The maximum absolute atomic E-state index is 6.06. The van der Waals surface area contributed by atoms with Crippen molar-refractivity contribution >= 4 is 11.0 Å². The molecule has 0 aliphatic heterocycles. The van der Waals surface area contributed by atoms with Crippen LogP contribution in [0.2, 0.25) is 0 Å². The van der Waals surface area contributed by atoms with E-state index < -0.39 is 0 Å². The van der Waals surface area contributed by atoms with E-state index in [1.165, 1.54) is 23.8 Å². The average Bonchev–Trinajstić information content (AvgIpc) is 3.19. The zero-order chi connectivity index (χ0) is 14.1. The van der Waals surface area contributed by atoms with E-state index in [2.05, 4.69) is 25.2 Å². The molecule has 0 amide bonds. The van der Waals surface area contributed by atoms with Gasteiger partial charge in [0.15, 0.2) is 0 Å². The number of ether oxygens (including phenoxy) is 1.